The minimum Gasteiger partial charge on any atom is -0.445 e. The number of nitrogens with one attached hydrogen (secondary N) is 1. The first-order valence-corrected chi connectivity index (χ1v) is 19.6. The molecule has 0 spiro atoms. The van der Waals surface area contributed by atoms with Gasteiger partial charge >= 0.3 is 6.09 Å². The van der Waals surface area contributed by atoms with E-state index >= 15 is 0 Å². The molecule has 2 fully saturated rings. The lowest BCUT2D eigenvalue weighted by atomic mass is 9.98. The van der Waals surface area contributed by atoms with E-state index in [1.54, 1.807) is 0 Å². The highest BCUT2D eigenvalue weighted by Gasteiger charge is 2.40. The van der Waals surface area contributed by atoms with Gasteiger partial charge in [0.05, 0.1) is 37.9 Å². The molecule has 5 aromatic carbocycles. The summed E-state index contributed by atoms with van der Waals surface area (Å²) < 4.78 is 18.5. The van der Waals surface area contributed by atoms with E-state index in [1.807, 2.05) is 147 Å². The summed E-state index contributed by atoms with van der Waals surface area (Å²) >= 11 is 0. The van der Waals surface area contributed by atoms with Crippen LogP contribution in [0.15, 0.2) is 133 Å². The molecule has 0 saturated carbocycles. The predicted octanol–water partition coefficient (Wildman–Crippen LogP) is 7.00. The third kappa shape index (κ3) is 9.87. The molecule has 7 rings (SSSR count). The Morgan fingerprint density at radius 2 is 1.50 bits per heavy atom. The number of likely N-dealkylation sites (N-methyl/N-ethyl adjacent to an activating group) is 1. The number of ether oxygens (including phenoxy) is 3. The molecule has 6 atom stereocenters. The predicted molar refractivity (Wildman–Crippen MR) is 218 cm³/mol. The molecule has 300 valence electrons. The highest BCUT2D eigenvalue weighted by Crippen LogP contribution is 2.39. The molecule has 1 unspecified atom stereocenters. The maximum atomic E-state index is 13.2. The SMILES string of the molecule is C[C@@H]([C@H](O)c1ccccc1)N(C)C[C@H]1C[C@@H](c2ccc(CO)cc2)O[C@@H](c2ccc(-c3cccc(CN4C(=O)CC(NC(=O)OCc5ccccc5)C4=O)c3)cc2)O1. The molecule has 0 bridgehead atoms. The van der Waals surface area contributed by atoms with Crippen LogP contribution in [0.2, 0.25) is 0 Å². The average molecular weight is 784 g/mol. The van der Waals surface area contributed by atoms with Gasteiger partial charge in [0.1, 0.15) is 12.6 Å². The van der Waals surface area contributed by atoms with Gasteiger partial charge in [-0.15, -0.1) is 0 Å². The summed E-state index contributed by atoms with van der Waals surface area (Å²) in [6.45, 7) is 2.66. The number of hydrogen-bond donors (Lipinski definition) is 3. The molecular formula is C47H49N3O8. The van der Waals surface area contributed by atoms with Crippen LogP contribution in [-0.2, 0) is 43.6 Å². The van der Waals surface area contributed by atoms with Crippen molar-refractivity contribution >= 4 is 17.9 Å². The number of imide groups is 1. The minimum absolute atomic E-state index is 0.0395. The standard InChI is InChI=1S/C47H49N3O8/c1-31(44(53)37-13-7-4-8-14-37)49(2)28-40-25-42(36-18-16-32(29-51)17-19-36)58-46(57-40)38-22-20-35(21-23-38)39-15-9-12-34(24-39)27-50-43(52)26-41(45(50)54)48-47(55)56-30-33-10-5-3-6-11-33/h3-24,31,40-42,44,46,51,53H,25-30H2,1-2H3,(H,48,55)/t31-,40+,41?,42-,44-,46-/m0/s1. The lowest BCUT2D eigenvalue weighted by Crippen LogP contribution is -2.43. The lowest BCUT2D eigenvalue weighted by Gasteiger charge is -2.39. The second-order valence-electron chi connectivity index (χ2n) is 15.0. The Hall–Kier alpha value is -5.69. The van der Waals surface area contributed by atoms with E-state index in [0.29, 0.717) is 13.0 Å². The molecule has 11 heteroatoms. The Kier molecular flexibility index (Phi) is 13.1. The molecular weight excluding hydrogens is 735 g/mol. The van der Waals surface area contributed by atoms with Gasteiger partial charge in [-0.05, 0) is 59.0 Å². The van der Waals surface area contributed by atoms with Gasteiger partial charge in [0.25, 0.3) is 5.91 Å². The van der Waals surface area contributed by atoms with Crippen molar-refractivity contribution < 1.29 is 38.8 Å². The molecule has 11 nitrogen and oxygen atoms in total. The maximum absolute atomic E-state index is 13.2. The van der Waals surface area contributed by atoms with Crippen LogP contribution in [0.25, 0.3) is 11.1 Å². The molecule has 3 N–H and O–H groups in total. The van der Waals surface area contributed by atoms with E-state index in [4.69, 9.17) is 14.2 Å². The van der Waals surface area contributed by atoms with Crippen molar-refractivity contribution in [2.24, 2.45) is 0 Å². The van der Waals surface area contributed by atoms with Crippen LogP contribution in [0.3, 0.4) is 0 Å². The van der Waals surface area contributed by atoms with E-state index < -0.39 is 30.4 Å². The van der Waals surface area contributed by atoms with E-state index in [0.717, 1.165) is 44.5 Å². The summed E-state index contributed by atoms with van der Waals surface area (Å²) in [7, 11) is 1.99. The second-order valence-corrected chi connectivity index (χ2v) is 15.0. The molecule has 2 saturated heterocycles. The number of aliphatic hydroxyl groups is 2. The average Bonchev–Trinajstić information content (AvgIpc) is 3.52. The monoisotopic (exact) mass is 783 g/mol. The van der Waals surface area contributed by atoms with Crippen LogP contribution in [0.4, 0.5) is 4.79 Å². The third-order valence-electron chi connectivity index (χ3n) is 10.9. The molecule has 2 aliphatic rings. The van der Waals surface area contributed by atoms with Gasteiger partial charge in [0, 0.05) is 24.6 Å². The number of alkyl carbamates (subject to hydrolysis) is 1. The number of rotatable bonds is 14. The summed E-state index contributed by atoms with van der Waals surface area (Å²) in [5.74, 6) is -0.840. The molecule has 0 aromatic heterocycles. The lowest BCUT2D eigenvalue weighted by molar-refractivity contribution is -0.253. The van der Waals surface area contributed by atoms with Crippen LogP contribution in [0.5, 0.6) is 0 Å². The first-order chi connectivity index (χ1) is 28.1. The normalized spacial score (nSPS) is 20.5. The second kappa shape index (κ2) is 18.7. The zero-order chi connectivity index (χ0) is 40.6. The Labute approximate surface area is 338 Å². The highest BCUT2D eigenvalue weighted by atomic mass is 16.7. The number of hydrogen-bond acceptors (Lipinski definition) is 9. The Morgan fingerprint density at radius 3 is 2.21 bits per heavy atom. The van der Waals surface area contributed by atoms with E-state index in [2.05, 4.69) is 10.2 Å². The van der Waals surface area contributed by atoms with Crippen molar-refractivity contribution in [3.05, 3.63) is 167 Å². The highest BCUT2D eigenvalue weighted by molar-refractivity contribution is 6.06. The van der Waals surface area contributed by atoms with Gasteiger partial charge < -0.3 is 29.7 Å². The summed E-state index contributed by atoms with van der Waals surface area (Å²) in [5.41, 5.74) is 6.93. The van der Waals surface area contributed by atoms with Crippen LogP contribution in [0.1, 0.15) is 71.6 Å². The van der Waals surface area contributed by atoms with Gasteiger partial charge in [-0.2, -0.15) is 0 Å². The van der Waals surface area contributed by atoms with Crippen molar-refractivity contribution in [1.29, 1.82) is 0 Å². The summed E-state index contributed by atoms with van der Waals surface area (Å²) in [5, 5.41) is 23.3. The summed E-state index contributed by atoms with van der Waals surface area (Å²) in [4.78, 5) is 41.8. The van der Waals surface area contributed by atoms with Gasteiger partial charge in [0.2, 0.25) is 5.91 Å². The molecule has 5 aromatic rings. The number of amides is 3. The molecule has 58 heavy (non-hydrogen) atoms. The minimum atomic E-state index is -0.987. The smallest absolute Gasteiger partial charge is 0.408 e. The molecule has 0 radical (unpaired) electrons. The zero-order valence-corrected chi connectivity index (χ0v) is 32.6. The fourth-order valence-corrected chi connectivity index (χ4v) is 7.42. The number of carbonyl (C=O) groups excluding carboxylic acids is 3. The van der Waals surface area contributed by atoms with Crippen molar-refractivity contribution in [2.75, 3.05) is 13.6 Å². The van der Waals surface area contributed by atoms with Crippen LogP contribution in [0, 0.1) is 0 Å². The van der Waals surface area contributed by atoms with E-state index in [9.17, 15) is 24.6 Å². The molecule has 3 amide bonds. The topological polar surface area (TPSA) is 138 Å². The van der Waals surface area contributed by atoms with Crippen LogP contribution >= 0.6 is 0 Å². The van der Waals surface area contributed by atoms with Gasteiger partial charge in [0.15, 0.2) is 6.29 Å². The Bertz CT molecular complexity index is 2150. The van der Waals surface area contributed by atoms with Gasteiger partial charge in [-0.3, -0.25) is 19.4 Å². The fraction of sp³-hybridized carbons (Fsp3) is 0.298. The number of nitrogens with zero attached hydrogens (tertiary/aromatic N) is 2. The molecule has 0 aliphatic carbocycles. The third-order valence-corrected chi connectivity index (χ3v) is 10.9. The van der Waals surface area contributed by atoms with E-state index in [1.165, 1.54) is 4.90 Å². The van der Waals surface area contributed by atoms with E-state index in [-0.39, 0.29) is 50.3 Å². The van der Waals surface area contributed by atoms with Crippen molar-refractivity contribution in [2.45, 2.75) is 76.2 Å². The number of benzene rings is 5. The fourth-order valence-electron chi connectivity index (χ4n) is 7.42. The number of aliphatic hydroxyl groups excluding tert-OH is 2. The quantitative estimate of drug-likeness (QED) is 0.102. The van der Waals surface area contributed by atoms with Crippen molar-refractivity contribution in [3.8, 4) is 11.1 Å². The Balaban J connectivity index is 1.01. The van der Waals surface area contributed by atoms with Crippen molar-refractivity contribution in [1.82, 2.24) is 15.1 Å². The molecule has 2 aliphatic heterocycles. The zero-order valence-electron chi connectivity index (χ0n) is 32.6. The first-order valence-electron chi connectivity index (χ1n) is 19.6. The summed E-state index contributed by atoms with van der Waals surface area (Å²) in [6, 6.07) is 41.1. The number of carbonyl (C=O) groups is 3. The largest absolute Gasteiger partial charge is 0.445 e. The summed E-state index contributed by atoms with van der Waals surface area (Å²) in [6.07, 6.45) is -2.08. The first kappa shape index (κ1) is 40.5. The Morgan fingerprint density at radius 1 is 0.828 bits per heavy atom. The van der Waals surface area contributed by atoms with Gasteiger partial charge in [-0.25, -0.2) is 4.79 Å². The van der Waals surface area contributed by atoms with Gasteiger partial charge in [-0.1, -0.05) is 127 Å². The number of likely N-dealkylation sites (tertiary alicyclic amines) is 1. The van der Waals surface area contributed by atoms with Crippen LogP contribution < -0.4 is 5.32 Å². The van der Waals surface area contributed by atoms with Crippen molar-refractivity contribution in [3.63, 3.8) is 0 Å². The molecule has 2 heterocycles. The maximum Gasteiger partial charge on any atom is 0.408 e. The van der Waals surface area contributed by atoms with Crippen LogP contribution in [-0.4, -0.2) is 69.7 Å².